The number of carbonyl (C=O) groups is 1. The monoisotopic (exact) mass is 476 g/mol. The number of hydrogen-bond donors (Lipinski definition) is 1. The highest BCUT2D eigenvalue weighted by Crippen LogP contribution is 2.25. The van der Waals surface area contributed by atoms with Crippen molar-refractivity contribution in [1.29, 1.82) is 0 Å². The molecule has 0 aliphatic rings. The predicted molar refractivity (Wildman–Crippen MR) is 135 cm³/mol. The molecule has 1 unspecified atom stereocenters. The molecule has 1 amide bonds. The van der Waals surface area contributed by atoms with Crippen molar-refractivity contribution < 1.29 is 4.79 Å². The van der Waals surface area contributed by atoms with Gasteiger partial charge in [-0.25, -0.2) is 4.68 Å². The molecule has 0 aliphatic carbocycles. The minimum Gasteiger partial charge on any atom is -0.319 e. The molecule has 9 heteroatoms. The van der Waals surface area contributed by atoms with E-state index in [-0.39, 0.29) is 17.2 Å². The molecular weight excluding hydrogens is 448 g/mol. The zero-order chi connectivity index (χ0) is 24.2. The van der Waals surface area contributed by atoms with Gasteiger partial charge in [-0.2, -0.15) is 0 Å². The summed E-state index contributed by atoms with van der Waals surface area (Å²) in [5.41, 5.74) is 2.59. The van der Waals surface area contributed by atoms with Crippen molar-refractivity contribution in [1.82, 2.24) is 24.1 Å². The third-order valence-electron chi connectivity index (χ3n) is 5.77. The van der Waals surface area contributed by atoms with Crippen LogP contribution in [0.5, 0.6) is 0 Å². The summed E-state index contributed by atoms with van der Waals surface area (Å²) in [5, 5.41) is 11.7. The van der Waals surface area contributed by atoms with E-state index in [0.717, 1.165) is 17.1 Å². The van der Waals surface area contributed by atoms with Crippen LogP contribution in [0.1, 0.15) is 30.9 Å². The first-order valence-corrected chi connectivity index (χ1v) is 12.1. The molecule has 0 saturated heterocycles. The van der Waals surface area contributed by atoms with E-state index in [1.54, 1.807) is 23.3 Å². The van der Waals surface area contributed by atoms with Gasteiger partial charge in [-0.15, -0.1) is 10.2 Å². The molecule has 0 bridgehead atoms. The zero-order valence-corrected chi connectivity index (χ0v) is 20.5. The Hall–Kier alpha value is -3.59. The van der Waals surface area contributed by atoms with Crippen molar-refractivity contribution in [3.05, 3.63) is 88.1 Å². The van der Waals surface area contributed by atoms with Crippen LogP contribution in [0.4, 0.5) is 5.69 Å². The van der Waals surface area contributed by atoms with Crippen LogP contribution in [-0.2, 0) is 24.8 Å². The Bertz CT molecular complexity index is 1340. The van der Waals surface area contributed by atoms with E-state index in [2.05, 4.69) is 27.6 Å². The number of aromatic nitrogens is 5. The number of para-hydroxylation sites is 1. The fourth-order valence-corrected chi connectivity index (χ4v) is 4.71. The van der Waals surface area contributed by atoms with Gasteiger partial charge in [-0.05, 0) is 38.5 Å². The number of nitrogens with one attached hydrogen (secondary N) is 1. The molecule has 8 nitrogen and oxygen atoms in total. The number of benzene rings is 2. The van der Waals surface area contributed by atoms with Gasteiger partial charge in [0.1, 0.15) is 11.5 Å². The van der Waals surface area contributed by atoms with Crippen LogP contribution >= 0.6 is 11.8 Å². The molecule has 2 heterocycles. The van der Waals surface area contributed by atoms with E-state index in [4.69, 9.17) is 0 Å². The second kappa shape index (κ2) is 10.1. The van der Waals surface area contributed by atoms with Gasteiger partial charge in [0, 0.05) is 20.0 Å². The first-order chi connectivity index (χ1) is 16.4. The lowest BCUT2D eigenvalue weighted by Gasteiger charge is -2.12. The second-order valence-corrected chi connectivity index (χ2v) is 9.30. The van der Waals surface area contributed by atoms with Crippen LogP contribution in [0.2, 0.25) is 0 Å². The molecule has 0 aliphatic heterocycles. The van der Waals surface area contributed by atoms with E-state index in [0.29, 0.717) is 23.8 Å². The van der Waals surface area contributed by atoms with Crippen LogP contribution in [-0.4, -0.2) is 35.3 Å². The lowest BCUT2D eigenvalue weighted by Crippen LogP contribution is -2.27. The van der Waals surface area contributed by atoms with Gasteiger partial charge in [0.25, 0.3) is 5.56 Å². The second-order valence-electron chi connectivity index (χ2n) is 7.99. The Labute approximate surface area is 202 Å². The topological polar surface area (TPSA) is 86.7 Å². The maximum absolute atomic E-state index is 13.1. The summed E-state index contributed by atoms with van der Waals surface area (Å²) in [7, 11) is 1.80. The number of hydrogen-bond acceptors (Lipinski definition) is 5. The third-order valence-corrected chi connectivity index (χ3v) is 6.85. The Morgan fingerprint density at radius 1 is 1.06 bits per heavy atom. The predicted octanol–water partition coefficient (Wildman–Crippen LogP) is 3.81. The molecule has 2 aromatic heterocycles. The van der Waals surface area contributed by atoms with Crippen molar-refractivity contribution in [3.63, 3.8) is 0 Å². The number of carbonyl (C=O) groups excluding carboxylic acids is 1. The highest BCUT2D eigenvalue weighted by molar-refractivity contribution is 8.00. The van der Waals surface area contributed by atoms with Crippen LogP contribution < -0.4 is 10.9 Å². The van der Waals surface area contributed by atoms with Gasteiger partial charge in [-0.3, -0.25) is 14.3 Å². The molecule has 0 spiro atoms. The largest absolute Gasteiger partial charge is 0.319 e. The van der Waals surface area contributed by atoms with Crippen LogP contribution in [0.25, 0.3) is 5.69 Å². The number of nitrogens with zero attached hydrogens (tertiary/aromatic N) is 5. The summed E-state index contributed by atoms with van der Waals surface area (Å²) in [4.78, 5) is 26.1. The van der Waals surface area contributed by atoms with Crippen molar-refractivity contribution in [2.24, 2.45) is 7.05 Å². The molecule has 1 atom stereocenters. The minimum atomic E-state index is -0.469. The molecule has 0 fully saturated rings. The smallest absolute Gasteiger partial charge is 0.295 e. The first kappa shape index (κ1) is 23.6. The molecule has 0 saturated carbocycles. The quantitative estimate of drug-likeness (QED) is 0.391. The van der Waals surface area contributed by atoms with Crippen LogP contribution in [0.3, 0.4) is 0 Å². The highest BCUT2D eigenvalue weighted by Gasteiger charge is 2.23. The lowest BCUT2D eigenvalue weighted by molar-refractivity contribution is -0.115. The zero-order valence-electron chi connectivity index (χ0n) is 19.7. The Morgan fingerprint density at radius 2 is 1.71 bits per heavy atom. The molecule has 4 aromatic rings. The third kappa shape index (κ3) is 4.70. The van der Waals surface area contributed by atoms with Gasteiger partial charge in [0.05, 0.1) is 16.6 Å². The number of rotatable bonds is 8. The van der Waals surface area contributed by atoms with E-state index in [1.807, 2.05) is 66.9 Å². The van der Waals surface area contributed by atoms with Gasteiger partial charge in [-0.1, -0.05) is 60.3 Å². The van der Waals surface area contributed by atoms with Crippen molar-refractivity contribution in [2.75, 3.05) is 5.32 Å². The standard InChI is InChI=1S/C25H28N6O2S/c1-5-30-21(16-19-12-8-6-9-13-19)27-28-25(30)34-18(3)23(32)26-22-17(2)29(4)31(24(22)33)20-14-10-7-11-15-20/h6-15,18H,5,16H2,1-4H3,(H,26,32). The van der Waals surface area contributed by atoms with E-state index < -0.39 is 5.25 Å². The average Bonchev–Trinajstić information content (AvgIpc) is 3.32. The Kier molecular flexibility index (Phi) is 7.02. The molecular formula is C25H28N6O2S. The number of amides is 1. The minimum absolute atomic E-state index is 0.258. The number of thioether (sulfide) groups is 1. The fourth-order valence-electron chi connectivity index (χ4n) is 3.78. The van der Waals surface area contributed by atoms with Crippen molar-refractivity contribution in [2.45, 2.75) is 44.1 Å². The lowest BCUT2D eigenvalue weighted by atomic mass is 10.1. The molecule has 2 aromatic carbocycles. The summed E-state index contributed by atoms with van der Waals surface area (Å²) in [5.74, 6) is 0.597. The van der Waals surface area contributed by atoms with E-state index in [9.17, 15) is 9.59 Å². The maximum atomic E-state index is 13.1. The summed E-state index contributed by atoms with van der Waals surface area (Å²) in [6, 6.07) is 19.5. The first-order valence-electron chi connectivity index (χ1n) is 11.2. The summed E-state index contributed by atoms with van der Waals surface area (Å²) >= 11 is 1.33. The normalized spacial score (nSPS) is 12.0. The molecule has 34 heavy (non-hydrogen) atoms. The maximum Gasteiger partial charge on any atom is 0.295 e. The van der Waals surface area contributed by atoms with Gasteiger partial charge >= 0.3 is 0 Å². The number of anilines is 1. The fraction of sp³-hybridized carbons (Fsp3) is 0.280. The van der Waals surface area contributed by atoms with Crippen LogP contribution in [0.15, 0.2) is 70.6 Å². The highest BCUT2D eigenvalue weighted by atomic mass is 32.2. The summed E-state index contributed by atoms with van der Waals surface area (Å²) in [6.45, 7) is 6.36. The Balaban J connectivity index is 1.51. The Morgan fingerprint density at radius 3 is 2.35 bits per heavy atom. The van der Waals surface area contributed by atoms with Crippen LogP contribution in [0, 0.1) is 6.92 Å². The van der Waals surface area contributed by atoms with Gasteiger partial charge < -0.3 is 9.88 Å². The van der Waals surface area contributed by atoms with E-state index >= 15 is 0 Å². The molecule has 176 valence electrons. The summed E-state index contributed by atoms with van der Waals surface area (Å²) < 4.78 is 5.32. The summed E-state index contributed by atoms with van der Waals surface area (Å²) in [6.07, 6.45) is 0.672. The molecule has 4 rings (SSSR count). The van der Waals surface area contributed by atoms with E-state index in [1.165, 1.54) is 11.8 Å². The van der Waals surface area contributed by atoms with Gasteiger partial charge in [0.15, 0.2) is 5.16 Å². The molecule has 0 radical (unpaired) electrons. The SMILES string of the molecule is CCn1c(Cc2ccccc2)nnc1SC(C)C(=O)Nc1c(C)n(C)n(-c2ccccc2)c1=O. The average molecular weight is 477 g/mol. The van der Waals surface area contributed by atoms with Crippen molar-refractivity contribution >= 4 is 23.4 Å². The van der Waals surface area contributed by atoms with Crippen molar-refractivity contribution in [3.8, 4) is 5.69 Å². The van der Waals surface area contributed by atoms with Gasteiger partial charge in [0.2, 0.25) is 5.91 Å². The molecule has 1 N–H and O–H groups in total.